The zero-order valence-electron chi connectivity index (χ0n) is 14.9. The van der Waals surface area contributed by atoms with Gasteiger partial charge >= 0.3 is 0 Å². The van der Waals surface area contributed by atoms with Crippen molar-refractivity contribution >= 4 is 11.8 Å². The molecule has 0 aliphatic carbocycles. The first-order valence-electron chi connectivity index (χ1n) is 8.85. The van der Waals surface area contributed by atoms with Crippen LogP contribution < -0.4 is 9.80 Å². The summed E-state index contributed by atoms with van der Waals surface area (Å²) in [5.41, 5.74) is 2.41. The number of ether oxygens (including phenoxy) is 1. The van der Waals surface area contributed by atoms with Gasteiger partial charge < -0.3 is 19.0 Å². The summed E-state index contributed by atoms with van der Waals surface area (Å²) in [6, 6.07) is 3.97. The summed E-state index contributed by atoms with van der Waals surface area (Å²) >= 11 is 0. The largest absolute Gasteiger partial charge is 0.468 e. The van der Waals surface area contributed by atoms with Gasteiger partial charge in [0.05, 0.1) is 31.7 Å². The third kappa shape index (κ3) is 3.48. The fraction of sp³-hybridized carbons (Fsp3) is 0.556. The van der Waals surface area contributed by atoms with Crippen LogP contribution in [0, 0.1) is 0 Å². The third-order valence-corrected chi connectivity index (χ3v) is 4.78. The van der Waals surface area contributed by atoms with E-state index in [1.807, 2.05) is 12.1 Å². The van der Waals surface area contributed by atoms with Crippen molar-refractivity contribution in [3.05, 3.63) is 35.4 Å². The predicted molar refractivity (Wildman–Crippen MR) is 95.9 cm³/mol. The maximum atomic E-state index is 5.50. The summed E-state index contributed by atoms with van der Waals surface area (Å²) in [4.78, 5) is 16.5. The number of nitrogens with zero attached hydrogens (tertiary/aromatic N) is 5. The number of fused-ring (bicyclic) bond motifs is 1. The number of rotatable bonds is 4. The fourth-order valence-electron chi connectivity index (χ4n) is 3.47. The van der Waals surface area contributed by atoms with E-state index in [4.69, 9.17) is 19.1 Å². The molecule has 134 valence electrons. The van der Waals surface area contributed by atoms with Gasteiger partial charge in [-0.2, -0.15) is 4.98 Å². The lowest BCUT2D eigenvalue weighted by molar-refractivity contribution is 0.122. The smallest absolute Gasteiger partial charge is 0.227 e. The highest BCUT2D eigenvalue weighted by atomic mass is 16.5. The fourth-order valence-corrected chi connectivity index (χ4v) is 3.47. The molecule has 0 aromatic carbocycles. The Morgan fingerprint density at radius 3 is 2.72 bits per heavy atom. The van der Waals surface area contributed by atoms with Crippen LogP contribution in [0.15, 0.2) is 22.8 Å². The normalized spacial score (nSPS) is 18.2. The SMILES string of the molecule is CN(C)c1nc(N2CCOCC2)nc2c1CN(Cc1ccco1)CC2. The van der Waals surface area contributed by atoms with E-state index in [9.17, 15) is 0 Å². The Hall–Kier alpha value is -2.12. The molecule has 2 aromatic heterocycles. The van der Waals surface area contributed by atoms with Crippen LogP contribution in [-0.2, 0) is 24.2 Å². The zero-order valence-corrected chi connectivity index (χ0v) is 14.9. The molecule has 0 amide bonds. The van der Waals surface area contributed by atoms with Crippen molar-refractivity contribution in [2.45, 2.75) is 19.5 Å². The van der Waals surface area contributed by atoms with E-state index in [0.29, 0.717) is 0 Å². The van der Waals surface area contributed by atoms with Gasteiger partial charge in [-0.15, -0.1) is 0 Å². The van der Waals surface area contributed by atoms with Crippen molar-refractivity contribution in [1.82, 2.24) is 14.9 Å². The molecular weight excluding hydrogens is 318 g/mol. The van der Waals surface area contributed by atoms with E-state index in [0.717, 1.165) is 69.9 Å². The minimum absolute atomic E-state index is 0.745. The first-order valence-corrected chi connectivity index (χ1v) is 8.85. The molecule has 1 fully saturated rings. The Balaban J connectivity index is 1.60. The van der Waals surface area contributed by atoms with Crippen LogP contribution in [-0.4, -0.2) is 61.8 Å². The number of furan rings is 1. The molecule has 0 radical (unpaired) electrons. The Bertz CT molecular complexity index is 711. The molecule has 0 atom stereocenters. The highest BCUT2D eigenvalue weighted by Crippen LogP contribution is 2.29. The molecule has 2 aliphatic heterocycles. The van der Waals surface area contributed by atoms with Crippen LogP contribution in [0.2, 0.25) is 0 Å². The van der Waals surface area contributed by atoms with Crippen molar-refractivity contribution in [3.63, 3.8) is 0 Å². The van der Waals surface area contributed by atoms with E-state index in [1.165, 1.54) is 11.3 Å². The molecule has 0 spiro atoms. The van der Waals surface area contributed by atoms with Crippen molar-refractivity contribution in [2.24, 2.45) is 0 Å². The topological polar surface area (TPSA) is 57.9 Å². The molecule has 7 heteroatoms. The summed E-state index contributed by atoms with van der Waals surface area (Å²) in [7, 11) is 4.11. The van der Waals surface area contributed by atoms with Crippen molar-refractivity contribution in [2.75, 3.05) is 56.7 Å². The van der Waals surface area contributed by atoms with Crippen molar-refractivity contribution < 1.29 is 9.15 Å². The van der Waals surface area contributed by atoms with E-state index in [1.54, 1.807) is 6.26 Å². The second kappa shape index (κ2) is 7.01. The lowest BCUT2D eigenvalue weighted by Gasteiger charge is -2.33. The standard InChI is InChI=1S/C18H25N5O2/c1-21(2)17-15-13-22(12-14-4-3-9-25-14)6-5-16(15)19-18(20-17)23-7-10-24-11-8-23/h3-4,9H,5-8,10-13H2,1-2H3. The van der Waals surface area contributed by atoms with E-state index < -0.39 is 0 Å². The monoisotopic (exact) mass is 343 g/mol. The first-order chi connectivity index (χ1) is 12.2. The molecule has 25 heavy (non-hydrogen) atoms. The Morgan fingerprint density at radius 1 is 1.16 bits per heavy atom. The van der Waals surface area contributed by atoms with Crippen molar-refractivity contribution in [3.8, 4) is 0 Å². The molecule has 2 aromatic rings. The van der Waals surface area contributed by atoms with E-state index >= 15 is 0 Å². The van der Waals surface area contributed by atoms with Gasteiger partial charge in [-0.3, -0.25) is 4.90 Å². The van der Waals surface area contributed by atoms with Crippen LogP contribution in [0.25, 0.3) is 0 Å². The second-order valence-electron chi connectivity index (χ2n) is 6.81. The molecule has 0 unspecified atom stereocenters. The molecule has 0 N–H and O–H groups in total. The molecule has 0 saturated carbocycles. The zero-order chi connectivity index (χ0) is 17.2. The van der Waals surface area contributed by atoms with Gasteiger partial charge in [-0.05, 0) is 12.1 Å². The molecular formula is C18H25N5O2. The number of aromatic nitrogens is 2. The van der Waals surface area contributed by atoms with Gasteiger partial charge in [-0.1, -0.05) is 0 Å². The van der Waals surface area contributed by atoms with E-state index in [-0.39, 0.29) is 0 Å². The second-order valence-corrected chi connectivity index (χ2v) is 6.81. The quantitative estimate of drug-likeness (QED) is 0.834. The highest BCUT2D eigenvalue weighted by Gasteiger charge is 2.25. The number of hydrogen-bond acceptors (Lipinski definition) is 7. The molecule has 4 rings (SSSR count). The minimum Gasteiger partial charge on any atom is -0.468 e. The summed E-state index contributed by atoms with van der Waals surface area (Å²) in [6.45, 7) is 5.87. The van der Waals surface area contributed by atoms with Gasteiger partial charge in [0, 0.05) is 52.3 Å². The molecule has 1 saturated heterocycles. The summed E-state index contributed by atoms with van der Waals surface area (Å²) in [5.74, 6) is 2.86. The van der Waals surface area contributed by atoms with Crippen molar-refractivity contribution in [1.29, 1.82) is 0 Å². The van der Waals surface area contributed by atoms with Gasteiger partial charge in [-0.25, -0.2) is 4.98 Å². The maximum Gasteiger partial charge on any atom is 0.227 e. The molecule has 7 nitrogen and oxygen atoms in total. The Morgan fingerprint density at radius 2 is 2.00 bits per heavy atom. The van der Waals surface area contributed by atoms with Gasteiger partial charge in [0.1, 0.15) is 11.6 Å². The predicted octanol–water partition coefficient (Wildman–Crippen LogP) is 1.53. The average Bonchev–Trinajstić information content (AvgIpc) is 3.14. The van der Waals surface area contributed by atoms with Gasteiger partial charge in [0.15, 0.2) is 0 Å². The Kier molecular flexibility index (Phi) is 4.59. The maximum absolute atomic E-state index is 5.50. The van der Waals surface area contributed by atoms with Crippen LogP contribution >= 0.6 is 0 Å². The van der Waals surface area contributed by atoms with Gasteiger partial charge in [0.2, 0.25) is 5.95 Å². The lowest BCUT2D eigenvalue weighted by atomic mass is 10.1. The Labute approximate surface area is 148 Å². The molecule has 0 bridgehead atoms. The van der Waals surface area contributed by atoms with E-state index in [2.05, 4.69) is 28.8 Å². The lowest BCUT2D eigenvalue weighted by Crippen LogP contribution is -2.39. The molecule has 2 aliphatic rings. The highest BCUT2D eigenvalue weighted by molar-refractivity contribution is 5.53. The van der Waals surface area contributed by atoms with Crippen LogP contribution in [0.4, 0.5) is 11.8 Å². The van der Waals surface area contributed by atoms with Crippen LogP contribution in [0.5, 0.6) is 0 Å². The minimum atomic E-state index is 0.745. The third-order valence-electron chi connectivity index (χ3n) is 4.78. The summed E-state index contributed by atoms with van der Waals surface area (Å²) < 4.78 is 11.0. The van der Waals surface area contributed by atoms with Gasteiger partial charge in [0.25, 0.3) is 0 Å². The number of hydrogen-bond donors (Lipinski definition) is 0. The average molecular weight is 343 g/mol. The molecule has 4 heterocycles. The van der Waals surface area contributed by atoms with Crippen LogP contribution in [0.1, 0.15) is 17.0 Å². The van der Waals surface area contributed by atoms with Crippen LogP contribution in [0.3, 0.4) is 0 Å². The first kappa shape index (κ1) is 16.4. The summed E-state index contributed by atoms with van der Waals surface area (Å²) in [5, 5.41) is 0. The number of morpholine rings is 1. The summed E-state index contributed by atoms with van der Waals surface area (Å²) in [6.07, 6.45) is 2.67. The number of anilines is 2.